The lowest BCUT2D eigenvalue weighted by molar-refractivity contribution is 0.452. The van der Waals surface area contributed by atoms with Gasteiger partial charge < -0.3 is 4.74 Å². The highest BCUT2D eigenvalue weighted by molar-refractivity contribution is 6.37. The summed E-state index contributed by atoms with van der Waals surface area (Å²) in [5.41, 5.74) is -5.50. The molecular weight excluding hydrogens is 423 g/mol. The van der Waals surface area contributed by atoms with Gasteiger partial charge in [-0.25, -0.2) is 9.89 Å². The topological polar surface area (TPSA) is 147 Å². The Bertz CT molecular complexity index is 1590. The minimum absolute atomic E-state index is 0.128. The van der Waals surface area contributed by atoms with E-state index in [4.69, 9.17) is 44.2 Å². The van der Waals surface area contributed by atoms with Gasteiger partial charge in [0.1, 0.15) is 6.07 Å². The van der Waals surface area contributed by atoms with Crippen molar-refractivity contribution < 1.29 is 15.7 Å². The molecule has 2 aromatic heterocycles. The lowest BCUT2D eigenvalue weighted by Crippen LogP contribution is -2.33. The molecule has 10 nitrogen and oxygen atoms in total. The van der Waals surface area contributed by atoms with Crippen molar-refractivity contribution >= 4 is 23.2 Å². The summed E-state index contributed by atoms with van der Waals surface area (Å²) in [6, 6.07) is 2.49. The number of H-pyrrole nitrogens is 2. The predicted octanol–water partition coefficient (Wildman–Crippen LogP) is 2.10. The number of hydrogen-bond acceptors (Lipinski definition) is 7. The van der Waals surface area contributed by atoms with E-state index in [9.17, 15) is 14.4 Å². The minimum atomic E-state index is -3.57. The normalized spacial score (nSPS) is 16.0. The number of rotatable bonds is 4. The van der Waals surface area contributed by atoms with Crippen molar-refractivity contribution in [2.75, 3.05) is 0 Å². The van der Waals surface area contributed by atoms with E-state index in [1.54, 1.807) is 5.10 Å². The highest BCUT2D eigenvalue weighted by Gasteiger charge is 2.16. The number of aromatic nitrogens is 5. The van der Waals surface area contributed by atoms with Gasteiger partial charge >= 0.3 is 5.69 Å². The molecule has 1 aromatic carbocycles. The van der Waals surface area contributed by atoms with E-state index in [1.165, 1.54) is 6.07 Å². The second-order valence-electron chi connectivity index (χ2n) is 5.20. The van der Waals surface area contributed by atoms with E-state index in [-0.39, 0.29) is 15.7 Å². The maximum atomic E-state index is 12.4. The third-order valence-electron chi connectivity index (χ3n) is 3.33. The van der Waals surface area contributed by atoms with Gasteiger partial charge in [0, 0.05) is 21.2 Å². The lowest BCUT2D eigenvalue weighted by atomic mass is 10.1. The van der Waals surface area contributed by atoms with Crippen LogP contribution >= 0.6 is 23.2 Å². The maximum absolute atomic E-state index is 12.4. The van der Waals surface area contributed by atoms with Crippen LogP contribution in [0.25, 0.3) is 5.69 Å². The first-order chi connectivity index (χ1) is 16.9. The molecule has 0 unspecified atom stereocenters. The van der Waals surface area contributed by atoms with Crippen molar-refractivity contribution in [3.63, 3.8) is 0 Å². The van der Waals surface area contributed by atoms with Crippen LogP contribution in [0, 0.1) is 11.3 Å². The maximum Gasteiger partial charge on any atom is 0.349 e. The second kappa shape index (κ2) is 7.90. The van der Waals surface area contributed by atoms with E-state index < -0.39 is 65.3 Å². The summed E-state index contributed by atoms with van der Waals surface area (Å²) in [5, 5.41) is 17.1. The summed E-state index contributed by atoms with van der Waals surface area (Å²) in [4.78, 5) is 37.9. The zero-order valence-corrected chi connectivity index (χ0v) is 15.3. The van der Waals surface area contributed by atoms with E-state index in [1.807, 2.05) is 4.98 Å². The van der Waals surface area contributed by atoms with Crippen LogP contribution in [0.3, 0.4) is 0 Å². The molecule has 0 bridgehead atoms. The van der Waals surface area contributed by atoms with Crippen LogP contribution in [0.2, 0.25) is 10.0 Å². The molecule has 29 heavy (non-hydrogen) atoms. The van der Waals surface area contributed by atoms with Crippen molar-refractivity contribution in [1.29, 1.82) is 5.26 Å². The number of nitrogens with one attached hydrogen (secondary N) is 2. The number of nitriles is 1. The molecule has 0 radical (unpaired) electrons. The molecule has 0 fully saturated rings. The van der Waals surface area contributed by atoms with Crippen molar-refractivity contribution in [2.24, 2.45) is 0 Å². The fourth-order valence-corrected chi connectivity index (χ4v) is 2.64. The van der Waals surface area contributed by atoms with Gasteiger partial charge in [-0.05, 0) is 18.0 Å². The number of hydrogen-bond donors (Lipinski definition) is 2. The Morgan fingerprint density at radius 3 is 2.62 bits per heavy atom. The van der Waals surface area contributed by atoms with Gasteiger partial charge in [0.25, 0.3) is 11.1 Å². The molecule has 0 aliphatic heterocycles. The van der Waals surface area contributed by atoms with Crippen LogP contribution in [0.1, 0.15) is 41.8 Å². The Morgan fingerprint density at radius 1 is 1.31 bits per heavy atom. The smallest absolute Gasteiger partial charge is 0.349 e. The highest BCUT2D eigenvalue weighted by Crippen LogP contribution is 2.37. The molecule has 3 aromatic rings. The second-order valence-corrected chi connectivity index (χ2v) is 6.02. The molecule has 0 spiro atoms. The Morgan fingerprint density at radius 2 is 2.00 bits per heavy atom. The molecule has 2 heterocycles. The Labute approximate surface area is 183 Å². The van der Waals surface area contributed by atoms with Gasteiger partial charge in [0.2, 0.25) is 11.6 Å². The number of benzene rings is 1. The molecule has 3 rings (SSSR count). The van der Waals surface area contributed by atoms with Crippen LogP contribution < -0.4 is 21.5 Å². The molecular formula is C17H12Cl2N6O4. The van der Waals surface area contributed by atoms with Crippen LogP contribution in [-0.4, -0.2) is 25.0 Å². The first-order valence-corrected chi connectivity index (χ1v) is 8.10. The van der Waals surface area contributed by atoms with E-state index in [0.717, 1.165) is 12.1 Å². The van der Waals surface area contributed by atoms with Crippen LogP contribution in [0.5, 0.6) is 11.6 Å². The lowest BCUT2D eigenvalue weighted by Gasteiger charge is -2.12. The molecule has 12 heteroatoms. The Kier molecular flexibility index (Phi) is 3.33. The molecule has 0 amide bonds. The summed E-state index contributed by atoms with van der Waals surface area (Å²) in [6.45, 7) is -7.15. The van der Waals surface area contributed by atoms with E-state index in [2.05, 4.69) is 10.2 Å². The quantitative estimate of drug-likeness (QED) is 0.628. The average Bonchev–Trinajstić information content (AvgIpc) is 2.76. The number of aromatic amines is 2. The van der Waals surface area contributed by atoms with Gasteiger partial charge in [-0.1, -0.05) is 36.9 Å². The Balaban J connectivity index is 2.17. The zero-order chi connectivity index (χ0) is 28.1. The summed E-state index contributed by atoms with van der Waals surface area (Å²) < 4.78 is 67.8. The van der Waals surface area contributed by atoms with Crippen molar-refractivity contribution in [1.82, 2.24) is 25.0 Å². The van der Waals surface area contributed by atoms with Gasteiger partial charge in [-0.15, -0.1) is 10.2 Å². The Hall–Kier alpha value is -3.42. The minimum Gasteiger partial charge on any atom is -0.434 e. The van der Waals surface area contributed by atoms with Crippen molar-refractivity contribution in [3.05, 3.63) is 70.7 Å². The van der Waals surface area contributed by atoms with Crippen LogP contribution in [-0.2, 0) is 0 Å². The molecule has 148 valence electrons. The first-order valence-electron chi connectivity index (χ1n) is 11.3. The fraction of sp³-hybridized carbons (Fsp3) is 0.176. The average molecular weight is 443 g/mol. The van der Waals surface area contributed by atoms with Gasteiger partial charge in [0.15, 0.2) is 5.75 Å². The largest absolute Gasteiger partial charge is 0.434 e. The van der Waals surface area contributed by atoms with Gasteiger partial charge in [-0.2, -0.15) is 9.94 Å². The van der Waals surface area contributed by atoms with Crippen molar-refractivity contribution in [3.8, 4) is 23.4 Å². The molecule has 0 atom stereocenters. The summed E-state index contributed by atoms with van der Waals surface area (Å²) in [7, 11) is 0. The van der Waals surface area contributed by atoms with Crippen LogP contribution in [0.4, 0.5) is 0 Å². The van der Waals surface area contributed by atoms with Crippen LogP contribution in [0.15, 0.2) is 32.6 Å². The molecule has 0 saturated heterocycles. The molecule has 0 saturated carbocycles. The predicted molar refractivity (Wildman–Crippen MR) is 104 cm³/mol. The third kappa shape index (κ3) is 4.06. The highest BCUT2D eigenvalue weighted by atomic mass is 35.5. The number of ether oxygens (including phenoxy) is 1. The SMILES string of the molecule is [2H]c1c(Oc2c(Cl)cc(-n3nc(C#N)c(=O)[nH]c3=O)cc2Cl)n[nH]c(=O)c1C([2H])(C([2H])([2H])[2H])C([2H])([2H])[2H]. The van der Waals surface area contributed by atoms with Crippen molar-refractivity contribution in [2.45, 2.75) is 19.6 Å². The van der Waals surface area contributed by atoms with E-state index >= 15 is 0 Å². The number of halogens is 2. The molecule has 0 aliphatic carbocycles. The summed E-state index contributed by atoms with van der Waals surface area (Å²) in [5.74, 6) is -4.80. The molecule has 0 aliphatic rings. The standard InChI is InChI=1S/C17H12Cl2N6O4/c1-7(2)9-5-13(22-23-15(9)26)29-14-10(18)3-8(4-11(14)19)25-17(28)21-16(27)12(6-20)24-25/h3-5,7H,1-2H3,(H,23,26)(H,21,27,28)/i1D3,2D3,5D,7D. The monoisotopic (exact) mass is 442 g/mol. The third-order valence-corrected chi connectivity index (χ3v) is 3.89. The first kappa shape index (κ1) is 12.2. The number of nitrogens with zero attached hydrogens (tertiary/aromatic N) is 4. The fourth-order valence-electron chi connectivity index (χ4n) is 2.08. The van der Waals surface area contributed by atoms with Gasteiger partial charge in [0.05, 0.1) is 17.1 Å². The summed E-state index contributed by atoms with van der Waals surface area (Å²) in [6.07, 6.45) is 0. The van der Waals surface area contributed by atoms with Gasteiger partial charge in [-0.3, -0.25) is 14.6 Å². The van der Waals surface area contributed by atoms with E-state index in [0.29, 0.717) is 4.68 Å². The summed E-state index contributed by atoms with van der Waals surface area (Å²) >= 11 is 12.4. The molecule has 2 N–H and O–H groups in total. The zero-order valence-electron chi connectivity index (χ0n) is 21.8.